The molecule has 0 atom stereocenters. The lowest BCUT2D eigenvalue weighted by molar-refractivity contribution is 0.319. The number of hydrogen-bond donors (Lipinski definition) is 2. The molecule has 1 aromatic carbocycles. The Morgan fingerprint density at radius 2 is 2.35 bits per heavy atom. The Kier molecular flexibility index (Phi) is 5.11. The SMILES string of the molecule is CCn1c(SCCCOc2cccc(N)c2)n[nH]c1=O. The number of hydrogen-bond acceptors (Lipinski definition) is 5. The summed E-state index contributed by atoms with van der Waals surface area (Å²) in [4.78, 5) is 11.4. The van der Waals surface area contributed by atoms with Crippen molar-refractivity contribution in [3.63, 3.8) is 0 Å². The minimum Gasteiger partial charge on any atom is -0.493 e. The first-order valence-electron chi connectivity index (χ1n) is 6.47. The topological polar surface area (TPSA) is 85.9 Å². The highest BCUT2D eigenvalue weighted by atomic mass is 32.2. The summed E-state index contributed by atoms with van der Waals surface area (Å²) in [5, 5.41) is 7.16. The Balaban J connectivity index is 1.73. The average Bonchev–Trinajstić information content (AvgIpc) is 2.79. The third-order valence-corrected chi connectivity index (χ3v) is 3.75. The summed E-state index contributed by atoms with van der Waals surface area (Å²) in [7, 11) is 0. The third kappa shape index (κ3) is 3.80. The van der Waals surface area contributed by atoms with Gasteiger partial charge in [0.2, 0.25) is 0 Å². The molecular formula is C13H18N4O2S. The molecule has 0 radical (unpaired) electrons. The van der Waals surface area contributed by atoms with Gasteiger partial charge < -0.3 is 10.5 Å². The largest absolute Gasteiger partial charge is 0.493 e. The van der Waals surface area contributed by atoms with Crippen LogP contribution in [0.25, 0.3) is 0 Å². The van der Waals surface area contributed by atoms with Crippen molar-refractivity contribution < 1.29 is 4.74 Å². The fraction of sp³-hybridized carbons (Fsp3) is 0.385. The summed E-state index contributed by atoms with van der Waals surface area (Å²) in [6.45, 7) is 3.15. The molecule has 0 saturated carbocycles. The fourth-order valence-corrected chi connectivity index (χ4v) is 2.63. The maximum Gasteiger partial charge on any atom is 0.343 e. The van der Waals surface area contributed by atoms with E-state index in [1.165, 1.54) is 0 Å². The first kappa shape index (κ1) is 14.5. The van der Waals surface area contributed by atoms with Gasteiger partial charge in [-0.05, 0) is 25.5 Å². The molecule has 2 rings (SSSR count). The minimum absolute atomic E-state index is 0.161. The van der Waals surface area contributed by atoms with Gasteiger partial charge in [-0.25, -0.2) is 9.89 Å². The molecule has 1 heterocycles. The first-order chi connectivity index (χ1) is 9.70. The maximum absolute atomic E-state index is 11.4. The van der Waals surface area contributed by atoms with Crippen molar-refractivity contribution in [2.45, 2.75) is 25.0 Å². The molecule has 0 bridgehead atoms. The van der Waals surface area contributed by atoms with Gasteiger partial charge in [0, 0.05) is 24.1 Å². The van der Waals surface area contributed by atoms with Crippen LogP contribution in [-0.4, -0.2) is 27.1 Å². The van der Waals surface area contributed by atoms with Crippen LogP contribution in [0.4, 0.5) is 5.69 Å². The van der Waals surface area contributed by atoms with E-state index < -0.39 is 0 Å². The molecule has 2 aromatic rings. The zero-order valence-electron chi connectivity index (χ0n) is 11.3. The highest BCUT2D eigenvalue weighted by molar-refractivity contribution is 7.99. The lowest BCUT2D eigenvalue weighted by Crippen LogP contribution is -2.16. The van der Waals surface area contributed by atoms with E-state index in [9.17, 15) is 4.79 Å². The van der Waals surface area contributed by atoms with Gasteiger partial charge in [0.05, 0.1) is 6.61 Å². The lowest BCUT2D eigenvalue weighted by atomic mass is 10.3. The monoisotopic (exact) mass is 294 g/mol. The van der Waals surface area contributed by atoms with Crippen LogP contribution in [0.15, 0.2) is 34.2 Å². The van der Waals surface area contributed by atoms with Crippen LogP contribution >= 0.6 is 11.8 Å². The smallest absolute Gasteiger partial charge is 0.343 e. The molecule has 0 fully saturated rings. The summed E-state index contributed by atoms with van der Waals surface area (Å²) >= 11 is 1.55. The summed E-state index contributed by atoms with van der Waals surface area (Å²) in [6.07, 6.45) is 0.865. The van der Waals surface area contributed by atoms with Crippen LogP contribution < -0.4 is 16.2 Å². The molecule has 3 N–H and O–H groups in total. The highest BCUT2D eigenvalue weighted by Crippen LogP contribution is 2.16. The van der Waals surface area contributed by atoms with Gasteiger partial charge in [-0.1, -0.05) is 17.8 Å². The van der Waals surface area contributed by atoms with Crippen molar-refractivity contribution in [2.24, 2.45) is 0 Å². The maximum atomic E-state index is 11.4. The molecule has 0 saturated heterocycles. The molecule has 0 unspecified atom stereocenters. The average molecular weight is 294 g/mol. The molecule has 0 spiro atoms. The van der Waals surface area contributed by atoms with E-state index in [0.29, 0.717) is 18.8 Å². The number of benzene rings is 1. The number of aromatic nitrogens is 3. The van der Waals surface area contributed by atoms with E-state index in [4.69, 9.17) is 10.5 Å². The van der Waals surface area contributed by atoms with Gasteiger partial charge in [0.1, 0.15) is 5.75 Å². The molecule has 0 amide bonds. The number of nitrogens with one attached hydrogen (secondary N) is 1. The Morgan fingerprint density at radius 3 is 3.10 bits per heavy atom. The van der Waals surface area contributed by atoms with Gasteiger partial charge in [0.15, 0.2) is 5.16 Å². The molecule has 108 valence electrons. The molecule has 7 heteroatoms. The van der Waals surface area contributed by atoms with Crippen LogP contribution in [0.1, 0.15) is 13.3 Å². The van der Waals surface area contributed by atoms with Gasteiger partial charge in [-0.3, -0.25) is 4.57 Å². The van der Waals surface area contributed by atoms with E-state index in [-0.39, 0.29) is 5.69 Å². The molecule has 1 aromatic heterocycles. The predicted octanol–water partition coefficient (Wildman–Crippen LogP) is 1.73. The Hall–Kier alpha value is -1.89. The number of rotatable bonds is 7. The van der Waals surface area contributed by atoms with Gasteiger partial charge in [-0.15, -0.1) is 5.10 Å². The van der Waals surface area contributed by atoms with Gasteiger partial charge in [0.25, 0.3) is 0 Å². The highest BCUT2D eigenvalue weighted by Gasteiger charge is 2.06. The van der Waals surface area contributed by atoms with Crippen LogP contribution in [0.3, 0.4) is 0 Å². The van der Waals surface area contributed by atoms with E-state index in [1.807, 2.05) is 25.1 Å². The Morgan fingerprint density at radius 1 is 1.50 bits per heavy atom. The number of nitrogen functional groups attached to an aromatic ring is 1. The normalized spacial score (nSPS) is 10.7. The van der Waals surface area contributed by atoms with Crippen molar-refractivity contribution in [3.8, 4) is 5.75 Å². The second-order valence-corrected chi connectivity index (χ2v) is 5.24. The standard InChI is InChI=1S/C13H18N4O2S/c1-2-17-12(18)15-16-13(17)20-8-4-7-19-11-6-3-5-10(14)9-11/h3,5-6,9H,2,4,7-8,14H2,1H3,(H,15,18). The zero-order valence-corrected chi connectivity index (χ0v) is 12.2. The van der Waals surface area contributed by atoms with Crippen molar-refractivity contribution in [1.82, 2.24) is 14.8 Å². The Bertz CT molecular complexity index is 608. The zero-order chi connectivity index (χ0) is 14.4. The number of anilines is 1. The van der Waals surface area contributed by atoms with Crippen molar-refractivity contribution >= 4 is 17.4 Å². The number of aromatic amines is 1. The molecule has 6 nitrogen and oxygen atoms in total. The van der Waals surface area contributed by atoms with Crippen LogP contribution in [0.5, 0.6) is 5.75 Å². The van der Waals surface area contributed by atoms with E-state index in [0.717, 1.165) is 23.1 Å². The molecule has 20 heavy (non-hydrogen) atoms. The second kappa shape index (κ2) is 7.04. The predicted molar refractivity (Wildman–Crippen MR) is 80.2 cm³/mol. The number of ether oxygens (including phenoxy) is 1. The lowest BCUT2D eigenvalue weighted by Gasteiger charge is -2.06. The van der Waals surface area contributed by atoms with Crippen molar-refractivity contribution in [1.29, 1.82) is 0 Å². The minimum atomic E-state index is -0.161. The van der Waals surface area contributed by atoms with Crippen molar-refractivity contribution in [3.05, 3.63) is 34.7 Å². The summed E-state index contributed by atoms with van der Waals surface area (Å²) < 4.78 is 7.21. The number of nitrogens with zero attached hydrogens (tertiary/aromatic N) is 2. The van der Waals surface area contributed by atoms with Crippen LogP contribution in [0.2, 0.25) is 0 Å². The second-order valence-electron chi connectivity index (χ2n) is 4.18. The quantitative estimate of drug-likeness (QED) is 0.461. The van der Waals surface area contributed by atoms with E-state index in [2.05, 4.69) is 10.2 Å². The number of H-pyrrole nitrogens is 1. The third-order valence-electron chi connectivity index (χ3n) is 2.69. The van der Waals surface area contributed by atoms with Crippen molar-refractivity contribution in [2.75, 3.05) is 18.1 Å². The molecule has 0 aliphatic rings. The van der Waals surface area contributed by atoms with Gasteiger partial charge >= 0.3 is 5.69 Å². The van der Waals surface area contributed by atoms with E-state index >= 15 is 0 Å². The van der Waals surface area contributed by atoms with E-state index in [1.54, 1.807) is 22.4 Å². The molecule has 0 aliphatic carbocycles. The number of thioether (sulfide) groups is 1. The first-order valence-corrected chi connectivity index (χ1v) is 7.45. The summed E-state index contributed by atoms with van der Waals surface area (Å²) in [5.74, 6) is 1.62. The molecule has 0 aliphatic heterocycles. The summed E-state index contributed by atoms with van der Waals surface area (Å²) in [6, 6.07) is 7.37. The van der Waals surface area contributed by atoms with Crippen LogP contribution in [0, 0.1) is 0 Å². The van der Waals surface area contributed by atoms with Gasteiger partial charge in [-0.2, -0.15) is 0 Å². The summed E-state index contributed by atoms with van der Waals surface area (Å²) in [5.41, 5.74) is 6.20. The fourth-order valence-electron chi connectivity index (χ4n) is 1.71. The van der Waals surface area contributed by atoms with Crippen LogP contribution in [-0.2, 0) is 6.54 Å². The number of nitrogens with two attached hydrogens (primary N) is 1. The molecular weight excluding hydrogens is 276 g/mol. The Labute approximate surface area is 121 Å².